The van der Waals surface area contributed by atoms with Gasteiger partial charge in [0.1, 0.15) is 18.8 Å². The van der Waals surface area contributed by atoms with Crippen LogP contribution in [0.2, 0.25) is 0 Å². The van der Waals surface area contributed by atoms with Gasteiger partial charge in [0.2, 0.25) is 0 Å². The Labute approximate surface area is 129 Å². The summed E-state index contributed by atoms with van der Waals surface area (Å²) in [4.78, 5) is 21.0. The Bertz CT molecular complexity index is 290. The second-order valence-corrected chi connectivity index (χ2v) is 3.87. The number of methoxy groups -OCH3 is 2. The number of hydrogen-bond donors (Lipinski definition) is 4. The van der Waals surface area contributed by atoms with Gasteiger partial charge in [-0.05, 0) is 0 Å². The minimum absolute atomic E-state index is 0.0481. The van der Waals surface area contributed by atoms with Crippen LogP contribution in [0.4, 0.5) is 9.59 Å². The predicted octanol–water partition coefficient (Wildman–Crippen LogP) is -1.30. The fourth-order valence-corrected chi connectivity index (χ4v) is 1.00. The fraction of sp³-hybridized carbons (Fsp3) is 0.833. The second kappa shape index (κ2) is 15.8. The van der Waals surface area contributed by atoms with E-state index in [4.69, 9.17) is 10.2 Å². The van der Waals surface area contributed by atoms with Gasteiger partial charge in [0, 0.05) is 28.3 Å². The van der Waals surface area contributed by atoms with Crippen molar-refractivity contribution in [2.75, 3.05) is 54.7 Å². The molecule has 132 valence electrons. The molecule has 0 bridgehead atoms. The highest BCUT2D eigenvalue weighted by Gasteiger charge is 2.10. The third-order valence-electron chi connectivity index (χ3n) is 2.00. The third-order valence-corrected chi connectivity index (χ3v) is 2.00. The van der Waals surface area contributed by atoms with Crippen LogP contribution < -0.4 is 10.6 Å². The zero-order valence-corrected chi connectivity index (χ0v) is 13.3. The van der Waals surface area contributed by atoms with Crippen molar-refractivity contribution in [3.05, 3.63) is 0 Å². The van der Waals surface area contributed by atoms with E-state index in [1.54, 1.807) is 0 Å². The first-order valence-corrected chi connectivity index (χ1v) is 6.44. The van der Waals surface area contributed by atoms with Gasteiger partial charge in [-0.15, -0.1) is 0 Å². The molecule has 0 aromatic rings. The highest BCUT2D eigenvalue weighted by molar-refractivity contribution is 5.67. The zero-order valence-electron chi connectivity index (χ0n) is 13.3. The maximum Gasteiger partial charge on any atom is 0.407 e. The van der Waals surface area contributed by atoms with Gasteiger partial charge in [0.25, 0.3) is 0 Å². The van der Waals surface area contributed by atoms with E-state index in [1.807, 2.05) is 0 Å². The van der Waals surface area contributed by atoms with Crippen molar-refractivity contribution in [2.24, 2.45) is 0 Å². The molecule has 2 amide bonds. The van der Waals surface area contributed by atoms with Crippen molar-refractivity contribution >= 4 is 12.2 Å². The standard InChI is InChI=1S/2C6H13NO4/c1-7-6(9)11-4-5(8)3-10-2;1-7-6(9)11-5(3-8)4-10-2/h2*5,8H,3-4H2,1-2H3,(H,7,9). The molecule has 2 atom stereocenters. The molecular weight excluding hydrogens is 300 g/mol. The van der Waals surface area contributed by atoms with E-state index in [9.17, 15) is 9.59 Å². The number of alkyl carbamates (subject to hydrolysis) is 2. The molecule has 0 saturated heterocycles. The van der Waals surface area contributed by atoms with Crippen molar-refractivity contribution in [2.45, 2.75) is 12.2 Å². The Morgan fingerprint density at radius 1 is 1.00 bits per heavy atom. The summed E-state index contributed by atoms with van der Waals surface area (Å²) in [6.07, 6.45) is -2.46. The Hall–Kier alpha value is -1.62. The third kappa shape index (κ3) is 14.8. The molecule has 0 aromatic heterocycles. The fourth-order valence-electron chi connectivity index (χ4n) is 1.00. The van der Waals surface area contributed by atoms with E-state index in [1.165, 1.54) is 28.3 Å². The summed E-state index contributed by atoms with van der Waals surface area (Å²) in [5.41, 5.74) is 0. The summed E-state index contributed by atoms with van der Waals surface area (Å²) in [5, 5.41) is 22.1. The molecule has 2 unspecified atom stereocenters. The van der Waals surface area contributed by atoms with Crippen molar-refractivity contribution in [1.82, 2.24) is 10.6 Å². The normalized spacial score (nSPS) is 12.3. The highest BCUT2D eigenvalue weighted by Crippen LogP contribution is 1.91. The van der Waals surface area contributed by atoms with E-state index in [2.05, 4.69) is 29.6 Å². The first-order valence-electron chi connectivity index (χ1n) is 6.44. The van der Waals surface area contributed by atoms with Crippen molar-refractivity contribution in [1.29, 1.82) is 0 Å². The van der Waals surface area contributed by atoms with Crippen molar-refractivity contribution in [3.63, 3.8) is 0 Å². The van der Waals surface area contributed by atoms with Gasteiger partial charge < -0.3 is 39.8 Å². The molecule has 0 aromatic carbocycles. The lowest BCUT2D eigenvalue weighted by atomic mass is 10.4. The average molecular weight is 326 g/mol. The van der Waals surface area contributed by atoms with E-state index in [0.717, 1.165) is 0 Å². The summed E-state index contributed by atoms with van der Waals surface area (Å²) >= 11 is 0. The lowest BCUT2D eigenvalue weighted by Gasteiger charge is -2.13. The monoisotopic (exact) mass is 326 g/mol. The molecule has 0 saturated carbocycles. The Kier molecular flexibility index (Phi) is 16.2. The molecule has 0 fully saturated rings. The molecule has 10 nitrogen and oxygen atoms in total. The summed E-state index contributed by atoms with van der Waals surface area (Å²) in [6.45, 7) is 0.0791. The van der Waals surface area contributed by atoms with Gasteiger partial charge in [-0.3, -0.25) is 0 Å². The molecule has 0 radical (unpaired) electrons. The van der Waals surface area contributed by atoms with Crippen molar-refractivity contribution in [3.8, 4) is 0 Å². The van der Waals surface area contributed by atoms with Gasteiger partial charge in [-0.25, -0.2) is 9.59 Å². The molecule has 10 heteroatoms. The van der Waals surface area contributed by atoms with Gasteiger partial charge in [0.05, 0.1) is 19.8 Å². The summed E-state index contributed by atoms with van der Waals surface area (Å²) in [5.74, 6) is 0. The molecule has 4 N–H and O–H groups in total. The van der Waals surface area contributed by atoms with Crippen LogP contribution in [0.15, 0.2) is 0 Å². The largest absolute Gasteiger partial charge is 0.447 e. The number of carbonyl (C=O) groups is 2. The number of aliphatic hydroxyl groups is 2. The van der Waals surface area contributed by atoms with E-state index >= 15 is 0 Å². The van der Waals surface area contributed by atoms with Crippen LogP contribution in [0, 0.1) is 0 Å². The van der Waals surface area contributed by atoms with Crippen LogP contribution in [0.5, 0.6) is 0 Å². The van der Waals surface area contributed by atoms with Crippen LogP contribution in [-0.2, 0) is 18.9 Å². The molecule has 22 heavy (non-hydrogen) atoms. The predicted molar refractivity (Wildman–Crippen MR) is 76.6 cm³/mol. The molecule has 0 rings (SSSR count). The quantitative estimate of drug-likeness (QED) is 0.432. The number of carbonyl (C=O) groups excluding carboxylic acids is 2. The number of aliphatic hydroxyl groups excluding tert-OH is 2. The van der Waals surface area contributed by atoms with Gasteiger partial charge in [-0.1, -0.05) is 0 Å². The second-order valence-electron chi connectivity index (χ2n) is 3.87. The summed E-state index contributed by atoms with van der Waals surface area (Å²) < 4.78 is 18.5. The first kappa shape index (κ1) is 22.7. The lowest BCUT2D eigenvalue weighted by Crippen LogP contribution is -2.31. The highest BCUT2D eigenvalue weighted by atomic mass is 16.6. The van der Waals surface area contributed by atoms with E-state index in [-0.39, 0.29) is 26.4 Å². The molecular formula is C12H26N2O8. The minimum atomic E-state index is -0.753. The van der Waals surface area contributed by atoms with Crippen LogP contribution in [0.3, 0.4) is 0 Å². The van der Waals surface area contributed by atoms with Crippen LogP contribution >= 0.6 is 0 Å². The Balaban J connectivity index is 0. The van der Waals surface area contributed by atoms with Gasteiger partial charge in [-0.2, -0.15) is 0 Å². The van der Waals surface area contributed by atoms with Crippen molar-refractivity contribution < 1.29 is 38.7 Å². The van der Waals surface area contributed by atoms with E-state index in [0.29, 0.717) is 0 Å². The van der Waals surface area contributed by atoms with Crippen LogP contribution in [0.1, 0.15) is 0 Å². The van der Waals surface area contributed by atoms with Crippen LogP contribution in [0.25, 0.3) is 0 Å². The first-order chi connectivity index (χ1) is 10.4. The van der Waals surface area contributed by atoms with Gasteiger partial charge in [0.15, 0.2) is 0 Å². The molecule has 0 aliphatic heterocycles. The summed E-state index contributed by atoms with van der Waals surface area (Å²) in [6, 6.07) is 0. The van der Waals surface area contributed by atoms with E-state index < -0.39 is 24.4 Å². The van der Waals surface area contributed by atoms with Gasteiger partial charge >= 0.3 is 12.2 Å². The number of nitrogens with one attached hydrogen (secondary N) is 2. The maximum absolute atomic E-state index is 10.6. The average Bonchev–Trinajstić information content (AvgIpc) is 2.52. The topological polar surface area (TPSA) is 136 Å². The molecule has 0 aliphatic rings. The zero-order chi connectivity index (χ0) is 17.4. The Morgan fingerprint density at radius 2 is 1.55 bits per heavy atom. The van der Waals surface area contributed by atoms with Crippen LogP contribution in [-0.4, -0.2) is 89.3 Å². The molecule has 0 spiro atoms. The maximum atomic E-state index is 10.6. The SMILES string of the molecule is CNC(=O)OC(CO)COC.CNC(=O)OCC(O)COC. The molecule has 0 heterocycles. The minimum Gasteiger partial charge on any atom is -0.447 e. The summed E-state index contributed by atoms with van der Waals surface area (Å²) in [7, 11) is 5.83. The number of ether oxygens (including phenoxy) is 4. The number of rotatable bonds is 8. The number of hydrogen-bond acceptors (Lipinski definition) is 8. The lowest BCUT2D eigenvalue weighted by molar-refractivity contribution is 0.00872. The molecule has 0 aliphatic carbocycles. The Morgan fingerprint density at radius 3 is 1.95 bits per heavy atom. The smallest absolute Gasteiger partial charge is 0.407 e. The number of amides is 2.